The van der Waals surface area contributed by atoms with Gasteiger partial charge in [0, 0.05) is 38.1 Å². The van der Waals surface area contributed by atoms with Crippen molar-refractivity contribution in [1.29, 1.82) is 0 Å². The first-order valence-corrected chi connectivity index (χ1v) is 10.4. The first kappa shape index (κ1) is 21.5. The van der Waals surface area contributed by atoms with Crippen LogP contribution in [0.3, 0.4) is 0 Å². The number of carbonyl (C=O) groups excluding carboxylic acids is 1. The second-order valence-corrected chi connectivity index (χ2v) is 9.19. The van der Waals surface area contributed by atoms with Gasteiger partial charge in [0.2, 0.25) is 0 Å². The van der Waals surface area contributed by atoms with E-state index in [4.69, 9.17) is 4.52 Å². The third kappa shape index (κ3) is 5.06. The number of aryl methyl sites for hydroxylation is 2. The summed E-state index contributed by atoms with van der Waals surface area (Å²) in [4.78, 5) is 17.9. The first-order chi connectivity index (χ1) is 13.7. The van der Waals surface area contributed by atoms with Gasteiger partial charge in [-0.05, 0) is 26.5 Å². The van der Waals surface area contributed by atoms with E-state index in [0.29, 0.717) is 23.6 Å². The largest absolute Gasteiger partial charge is 0.361 e. The van der Waals surface area contributed by atoms with Crippen molar-refractivity contribution in [3.8, 4) is 0 Å². The van der Waals surface area contributed by atoms with Crippen LogP contribution in [0.2, 0.25) is 0 Å². The SMILES string of the molecule is Cc1ccc(C(CNC(=O)c2c(C(C)(C)C)noc2C)N2CCN(C)CC2)cc1. The number of aromatic nitrogens is 1. The van der Waals surface area contributed by atoms with Gasteiger partial charge in [0.15, 0.2) is 0 Å². The van der Waals surface area contributed by atoms with E-state index in [0.717, 1.165) is 26.2 Å². The molecule has 1 fully saturated rings. The number of nitrogens with zero attached hydrogens (tertiary/aromatic N) is 3. The van der Waals surface area contributed by atoms with Crippen LogP contribution in [0.5, 0.6) is 0 Å². The third-order valence-corrected chi connectivity index (χ3v) is 5.70. The molecular weight excluding hydrogens is 364 g/mol. The van der Waals surface area contributed by atoms with Crippen LogP contribution in [0, 0.1) is 13.8 Å². The molecule has 6 nitrogen and oxygen atoms in total. The molecule has 0 bridgehead atoms. The van der Waals surface area contributed by atoms with Gasteiger partial charge in [-0.2, -0.15) is 0 Å². The van der Waals surface area contributed by atoms with Gasteiger partial charge in [0.05, 0.1) is 6.04 Å². The zero-order valence-corrected chi connectivity index (χ0v) is 18.6. The maximum absolute atomic E-state index is 13.1. The van der Waals surface area contributed by atoms with Crippen molar-refractivity contribution in [2.75, 3.05) is 39.8 Å². The predicted octanol–water partition coefficient (Wildman–Crippen LogP) is 3.31. The molecule has 1 aliphatic heterocycles. The number of hydrogen-bond donors (Lipinski definition) is 1. The summed E-state index contributed by atoms with van der Waals surface area (Å²) in [6.07, 6.45) is 0. The molecule has 0 spiro atoms. The Bertz CT molecular complexity index is 828. The monoisotopic (exact) mass is 398 g/mol. The molecular formula is C23H34N4O2. The minimum absolute atomic E-state index is 0.111. The van der Waals surface area contributed by atoms with Gasteiger partial charge in [-0.25, -0.2) is 0 Å². The van der Waals surface area contributed by atoms with Crippen molar-refractivity contribution in [2.24, 2.45) is 0 Å². The van der Waals surface area contributed by atoms with E-state index < -0.39 is 0 Å². The lowest BCUT2D eigenvalue weighted by molar-refractivity contribution is 0.0883. The highest BCUT2D eigenvalue weighted by molar-refractivity contribution is 5.96. The first-order valence-electron chi connectivity index (χ1n) is 10.4. The molecule has 1 atom stereocenters. The molecule has 1 aliphatic rings. The van der Waals surface area contributed by atoms with E-state index in [-0.39, 0.29) is 17.4 Å². The molecule has 3 rings (SSSR count). The van der Waals surface area contributed by atoms with Crippen LogP contribution in [0.4, 0.5) is 0 Å². The van der Waals surface area contributed by atoms with Gasteiger partial charge in [-0.15, -0.1) is 0 Å². The molecule has 158 valence electrons. The Morgan fingerprint density at radius 3 is 2.34 bits per heavy atom. The fourth-order valence-corrected chi connectivity index (χ4v) is 3.81. The minimum Gasteiger partial charge on any atom is -0.361 e. The van der Waals surface area contributed by atoms with Crippen molar-refractivity contribution in [3.05, 3.63) is 52.4 Å². The van der Waals surface area contributed by atoms with Crippen LogP contribution in [-0.2, 0) is 5.41 Å². The number of nitrogens with one attached hydrogen (secondary N) is 1. The number of piperazine rings is 1. The average Bonchev–Trinajstić information content (AvgIpc) is 3.06. The van der Waals surface area contributed by atoms with Gasteiger partial charge in [-0.3, -0.25) is 9.69 Å². The number of likely N-dealkylation sites (N-methyl/N-ethyl adjacent to an activating group) is 1. The predicted molar refractivity (Wildman–Crippen MR) is 115 cm³/mol. The summed E-state index contributed by atoms with van der Waals surface area (Å²) in [5.41, 5.74) is 3.50. The van der Waals surface area contributed by atoms with Gasteiger partial charge < -0.3 is 14.7 Å². The maximum atomic E-state index is 13.1. The molecule has 0 radical (unpaired) electrons. The number of benzene rings is 1. The van der Waals surface area contributed by atoms with Crippen molar-refractivity contribution >= 4 is 5.91 Å². The minimum atomic E-state index is -0.252. The molecule has 1 amide bonds. The smallest absolute Gasteiger partial charge is 0.256 e. The van der Waals surface area contributed by atoms with Crippen LogP contribution < -0.4 is 5.32 Å². The quantitative estimate of drug-likeness (QED) is 0.837. The van der Waals surface area contributed by atoms with Crippen molar-refractivity contribution in [2.45, 2.75) is 46.1 Å². The lowest BCUT2D eigenvalue weighted by Crippen LogP contribution is -2.48. The molecule has 6 heteroatoms. The van der Waals surface area contributed by atoms with E-state index in [2.05, 4.69) is 58.5 Å². The van der Waals surface area contributed by atoms with Crippen LogP contribution >= 0.6 is 0 Å². The van der Waals surface area contributed by atoms with Crippen LogP contribution in [0.1, 0.15) is 59.8 Å². The number of rotatable bonds is 5. The summed E-state index contributed by atoms with van der Waals surface area (Å²) in [6, 6.07) is 8.78. The zero-order chi connectivity index (χ0) is 21.2. The van der Waals surface area contributed by atoms with Gasteiger partial charge >= 0.3 is 0 Å². The fourth-order valence-electron chi connectivity index (χ4n) is 3.81. The highest BCUT2D eigenvalue weighted by Crippen LogP contribution is 2.27. The third-order valence-electron chi connectivity index (χ3n) is 5.70. The van der Waals surface area contributed by atoms with Gasteiger partial charge in [0.25, 0.3) is 5.91 Å². The molecule has 1 N–H and O–H groups in total. The summed E-state index contributed by atoms with van der Waals surface area (Å²) in [5.74, 6) is 0.457. The Morgan fingerprint density at radius 2 is 1.76 bits per heavy atom. The molecule has 1 aromatic heterocycles. The second-order valence-electron chi connectivity index (χ2n) is 9.19. The summed E-state index contributed by atoms with van der Waals surface area (Å²) in [5, 5.41) is 7.32. The molecule has 1 unspecified atom stereocenters. The van der Waals surface area contributed by atoms with E-state index in [9.17, 15) is 4.79 Å². The molecule has 2 aromatic rings. The number of hydrogen-bond acceptors (Lipinski definition) is 5. The second kappa shape index (κ2) is 8.67. The topological polar surface area (TPSA) is 61.6 Å². The van der Waals surface area contributed by atoms with Crippen LogP contribution in [0.25, 0.3) is 0 Å². The number of amides is 1. The zero-order valence-electron chi connectivity index (χ0n) is 18.6. The van der Waals surface area contributed by atoms with E-state index >= 15 is 0 Å². The lowest BCUT2D eigenvalue weighted by atomic mass is 9.88. The summed E-state index contributed by atoms with van der Waals surface area (Å²) < 4.78 is 5.35. The lowest BCUT2D eigenvalue weighted by Gasteiger charge is -2.38. The van der Waals surface area contributed by atoms with Crippen LogP contribution in [0.15, 0.2) is 28.8 Å². The standard InChI is InChI=1S/C23H34N4O2/c1-16-7-9-18(10-8-16)19(27-13-11-26(6)12-14-27)15-24-22(28)20-17(2)29-25-21(20)23(3,4)5/h7-10,19H,11-15H2,1-6H3,(H,24,28). The van der Waals surface area contributed by atoms with E-state index in [1.165, 1.54) is 11.1 Å². The highest BCUT2D eigenvalue weighted by atomic mass is 16.5. The fraction of sp³-hybridized carbons (Fsp3) is 0.565. The molecule has 0 aliphatic carbocycles. The van der Waals surface area contributed by atoms with Gasteiger partial charge in [0.1, 0.15) is 17.0 Å². The molecule has 2 heterocycles. The van der Waals surface area contributed by atoms with E-state index in [1.807, 2.05) is 20.8 Å². The molecule has 0 saturated carbocycles. The summed E-state index contributed by atoms with van der Waals surface area (Å²) >= 11 is 0. The van der Waals surface area contributed by atoms with Gasteiger partial charge in [-0.1, -0.05) is 55.8 Å². The Balaban J connectivity index is 1.79. The molecule has 1 saturated heterocycles. The van der Waals surface area contributed by atoms with Crippen molar-refractivity contribution < 1.29 is 9.32 Å². The normalized spacial score (nSPS) is 17.3. The Hall–Kier alpha value is -2.18. The Kier molecular flexibility index (Phi) is 6.44. The summed E-state index contributed by atoms with van der Waals surface area (Å²) in [6.45, 7) is 14.6. The Morgan fingerprint density at radius 1 is 1.14 bits per heavy atom. The van der Waals surface area contributed by atoms with Crippen molar-refractivity contribution in [1.82, 2.24) is 20.3 Å². The van der Waals surface area contributed by atoms with Crippen molar-refractivity contribution in [3.63, 3.8) is 0 Å². The van der Waals surface area contributed by atoms with E-state index in [1.54, 1.807) is 6.92 Å². The van der Waals surface area contributed by atoms with Crippen LogP contribution in [-0.4, -0.2) is 60.6 Å². The highest BCUT2D eigenvalue weighted by Gasteiger charge is 2.30. The molecule has 1 aromatic carbocycles. The average molecular weight is 399 g/mol. The Labute approximate surface area is 174 Å². The maximum Gasteiger partial charge on any atom is 0.256 e. The number of carbonyl (C=O) groups is 1. The molecule has 29 heavy (non-hydrogen) atoms. The summed E-state index contributed by atoms with van der Waals surface area (Å²) in [7, 11) is 2.16.